The van der Waals surface area contributed by atoms with Gasteiger partial charge in [0.05, 0.1) is 0 Å². The maximum absolute atomic E-state index is 11.5. The summed E-state index contributed by atoms with van der Waals surface area (Å²) in [7, 11) is 0. The van der Waals surface area contributed by atoms with Crippen LogP contribution in [-0.4, -0.2) is 17.5 Å². The number of amides is 1. The van der Waals surface area contributed by atoms with Gasteiger partial charge in [0.25, 0.3) is 0 Å². The van der Waals surface area contributed by atoms with Gasteiger partial charge in [-0.2, -0.15) is 0 Å². The van der Waals surface area contributed by atoms with Gasteiger partial charge in [-0.1, -0.05) is 13.8 Å². The number of nitrogens with one attached hydrogen (secondary N) is 1. The van der Waals surface area contributed by atoms with Crippen molar-refractivity contribution in [3.63, 3.8) is 0 Å². The van der Waals surface area contributed by atoms with E-state index in [1.165, 1.54) is 0 Å². The Labute approximate surface area is 92.8 Å². The van der Waals surface area contributed by atoms with Crippen LogP contribution in [0.4, 0.5) is 0 Å². The third-order valence-electron chi connectivity index (χ3n) is 3.09. The molecule has 0 aromatic heterocycles. The highest BCUT2D eigenvalue weighted by molar-refractivity contribution is 5.76. The first-order valence-corrected chi connectivity index (χ1v) is 5.97. The molecule has 1 aliphatic carbocycles. The van der Waals surface area contributed by atoms with Gasteiger partial charge in [-0.05, 0) is 38.5 Å². The Morgan fingerprint density at radius 1 is 1.47 bits per heavy atom. The summed E-state index contributed by atoms with van der Waals surface area (Å²) in [6.45, 7) is 6.23. The molecule has 15 heavy (non-hydrogen) atoms. The third-order valence-corrected chi connectivity index (χ3v) is 3.09. The number of hydrogen-bond acceptors (Lipinski definition) is 2. The average Bonchev–Trinajstić information content (AvgIpc) is 2.07. The van der Waals surface area contributed by atoms with Gasteiger partial charge in [0.1, 0.15) is 0 Å². The summed E-state index contributed by atoms with van der Waals surface area (Å²) in [4.78, 5) is 11.5. The van der Waals surface area contributed by atoms with Gasteiger partial charge in [-0.25, -0.2) is 0 Å². The number of nitrogens with two attached hydrogens (primary N) is 1. The molecule has 0 aliphatic heterocycles. The van der Waals surface area contributed by atoms with Crippen LogP contribution in [0.15, 0.2) is 0 Å². The molecule has 88 valence electrons. The van der Waals surface area contributed by atoms with E-state index in [1.807, 2.05) is 0 Å². The number of carbonyl (C=O) groups excluding carboxylic acids is 1. The molecule has 1 fully saturated rings. The lowest BCUT2D eigenvalue weighted by Gasteiger charge is -2.34. The van der Waals surface area contributed by atoms with Gasteiger partial charge in [0.2, 0.25) is 5.91 Å². The van der Waals surface area contributed by atoms with Crippen LogP contribution in [0, 0.1) is 5.92 Å². The molecule has 3 N–H and O–H groups in total. The number of carbonyl (C=O) groups is 1. The Hall–Kier alpha value is -0.570. The molecule has 0 saturated heterocycles. The fourth-order valence-electron chi connectivity index (χ4n) is 2.08. The number of hydrogen-bond donors (Lipinski definition) is 2. The van der Waals surface area contributed by atoms with Crippen molar-refractivity contribution < 1.29 is 4.79 Å². The van der Waals surface area contributed by atoms with Crippen LogP contribution < -0.4 is 11.1 Å². The normalized spacial score (nSPS) is 31.7. The fraction of sp³-hybridized carbons (Fsp3) is 0.917. The molecule has 1 amide bonds. The molecule has 0 aromatic carbocycles. The molecule has 0 bridgehead atoms. The Kier molecular flexibility index (Phi) is 4.14. The average molecular weight is 212 g/mol. The quantitative estimate of drug-likeness (QED) is 0.749. The van der Waals surface area contributed by atoms with E-state index < -0.39 is 0 Å². The van der Waals surface area contributed by atoms with E-state index in [4.69, 9.17) is 5.73 Å². The van der Waals surface area contributed by atoms with Crippen molar-refractivity contribution in [3.8, 4) is 0 Å². The van der Waals surface area contributed by atoms with Crippen LogP contribution in [0.3, 0.4) is 0 Å². The lowest BCUT2D eigenvalue weighted by Crippen LogP contribution is -2.46. The Balaban J connectivity index is 2.27. The van der Waals surface area contributed by atoms with Crippen molar-refractivity contribution in [2.45, 2.75) is 64.5 Å². The summed E-state index contributed by atoms with van der Waals surface area (Å²) >= 11 is 0. The first kappa shape index (κ1) is 12.5. The maximum Gasteiger partial charge on any atom is 0.220 e. The highest BCUT2D eigenvalue weighted by Gasteiger charge is 2.27. The lowest BCUT2D eigenvalue weighted by atomic mass is 9.81. The van der Waals surface area contributed by atoms with Crippen LogP contribution in [0.25, 0.3) is 0 Å². The van der Waals surface area contributed by atoms with Crippen molar-refractivity contribution in [2.24, 2.45) is 11.7 Å². The maximum atomic E-state index is 11.5. The van der Waals surface area contributed by atoms with E-state index in [-0.39, 0.29) is 11.4 Å². The van der Waals surface area contributed by atoms with Crippen LogP contribution in [0.1, 0.15) is 52.9 Å². The molecule has 0 aromatic rings. The van der Waals surface area contributed by atoms with Crippen LogP contribution in [0.5, 0.6) is 0 Å². The molecule has 1 rings (SSSR count). The van der Waals surface area contributed by atoms with Crippen molar-refractivity contribution >= 4 is 5.91 Å². The van der Waals surface area contributed by atoms with E-state index in [0.29, 0.717) is 18.4 Å². The molecule has 0 radical (unpaired) electrons. The summed E-state index contributed by atoms with van der Waals surface area (Å²) in [6, 6.07) is 0.355. The highest BCUT2D eigenvalue weighted by Crippen LogP contribution is 2.25. The topological polar surface area (TPSA) is 55.1 Å². The minimum Gasteiger partial charge on any atom is -0.353 e. The van der Waals surface area contributed by atoms with Crippen LogP contribution in [-0.2, 0) is 4.79 Å². The largest absolute Gasteiger partial charge is 0.353 e. The van der Waals surface area contributed by atoms with Crippen LogP contribution >= 0.6 is 0 Å². The second kappa shape index (κ2) is 4.97. The molecule has 1 saturated carbocycles. The predicted molar refractivity (Wildman–Crippen MR) is 62.4 cm³/mol. The summed E-state index contributed by atoms with van der Waals surface area (Å²) in [5.41, 5.74) is 6.02. The zero-order chi connectivity index (χ0) is 11.5. The van der Waals surface area contributed by atoms with E-state index in [0.717, 1.165) is 25.7 Å². The van der Waals surface area contributed by atoms with E-state index in [9.17, 15) is 4.79 Å². The third kappa shape index (κ3) is 4.65. The molecule has 0 spiro atoms. The zero-order valence-corrected chi connectivity index (χ0v) is 10.2. The minimum atomic E-state index is -0.0146. The Morgan fingerprint density at radius 2 is 2.00 bits per heavy atom. The van der Waals surface area contributed by atoms with E-state index in [1.54, 1.807) is 0 Å². The van der Waals surface area contributed by atoms with Gasteiger partial charge in [-0.3, -0.25) is 4.79 Å². The fourth-order valence-corrected chi connectivity index (χ4v) is 2.08. The van der Waals surface area contributed by atoms with Gasteiger partial charge >= 0.3 is 0 Å². The van der Waals surface area contributed by atoms with Gasteiger partial charge in [-0.15, -0.1) is 0 Å². The minimum absolute atomic E-state index is 0.0146. The molecule has 3 heteroatoms. The first-order valence-electron chi connectivity index (χ1n) is 5.97. The molecular weight excluding hydrogens is 188 g/mol. The summed E-state index contributed by atoms with van der Waals surface area (Å²) in [5, 5.41) is 3.09. The summed E-state index contributed by atoms with van der Waals surface area (Å²) in [6.07, 6.45) is 4.71. The monoisotopic (exact) mass is 212 g/mol. The van der Waals surface area contributed by atoms with Crippen molar-refractivity contribution in [2.75, 3.05) is 0 Å². The summed E-state index contributed by atoms with van der Waals surface area (Å²) < 4.78 is 0. The molecular formula is C12H24N2O. The SMILES string of the molecule is CC(C)CC(=O)NC1CCC(C)(N)CC1. The number of rotatable bonds is 3. The van der Waals surface area contributed by atoms with Crippen molar-refractivity contribution in [1.82, 2.24) is 5.32 Å². The Bertz CT molecular complexity index is 214. The highest BCUT2D eigenvalue weighted by atomic mass is 16.1. The van der Waals surface area contributed by atoms with E-state index in [2.05, 4.69) is 26.1 Å². The Morgan fingerprint density at radius 3 is 2.47 bits per heavy atom. The first-order chi connectivity index (χ1) is 6.89. The van der Waals surface area contributed by atoms with Crippen LogP contribution in [0.2, 0.25) is 0 Å². The van der Waals surface area contributed by atoms with Gasteiger partial charge < -0.3 is 11.1 Å². The molecule has 0 unspecified atom stereocenters. The van der Waals surface area contributed by atoms with E-state index >= 15 is 0 Å². The standard InChI is InChI=1S/C12H24N2O/c1-9(2)8-11(15)14-10-4-6-12(3,13)7-5-10/h9-10H,4-8,13H2,1-3H3,(H,14,15). The van der Waals surface area contributed by atoms with Gasteiger partial charge in [0.15, 0.2) is 0 Å². The van der Waals surface area contributed by atoms with Crippen molar-refractivity contribution in [3.05, 3.63) is 0 Å². The zero-order valence-electron chi connectivity index (χ0n) is 10.2. The second-order valence-electron chi connectivity index (χ2n) is 5.59. The predicted octanol–water partition coefficient (Wildman–Crippen LogP) is 1.81. The van der Waals surface area contributed by atoms with Crippen molar-refractivity contribution in [1.29, 1.82) is 0 Å². The molecule has 0 heterocycles. The molecule has 0 atom stereocenters. The smallest absolute Gasteiger partial charge is 0.220 e. The summed E-state index contributed by atoms with van der Waals surface area (Å²) in [5.74, 6) is 0.629. The molecule has 3 nitrogen and oxygen atoms in total. The molecule has 1 aliphatic rings. The van der Waals surface area contributed by atoms with Gasteiger partial charge in [0, 0.05) is 18.0 Å². The second-order valence-corrected chi connectivity index (χ2v) is 5.59. The lowest BCUT2D eigenvalue weighted by molar-refractivity contribution is -0.122.